The molecule has 2 N–H and O–H groups in total. The lowest BCUT2D eigenvalue weighted by molar-refractivity contribution is -0.141. The summed E-state index contributed by atoms with van der Waals surface area (Å²) in [4.78, 5) is 18.7. The number of hydrogen-bond donors (Lipinski definition) is 2. The van der Waals surface area contributed by atoms with E-state index >= 15 is 0 Å². The number of carbonyl (C=O) groups excluding carboxylic acids is 1. The number of rotatable bonds is 3. The average molecular weight is 370 g/mol. The standard InChI is InChI=1S/C16H14F4N4O2/c17-11-5-9(1-2-10(11)13-7-21-3-4-26-13)23-15(25)12-6-22-8-14(24-12)16(18,19)20/h1-2,5-6,8,13,21H,3-4,7H2,(H,23,25)/t13-/m0/s1. The van der Waals surface area contributed by atoms with E-state index in [0.29, 0.717) is 31.5 Å². The molecule has 1 saturated heterocycles. The van der Waals surface area contributed by atoms with E-state index in [1.54, 1.807) is 0 Å². The maximum atomic E-state index is 14.3. The number of benzene rings is 1. The van der Waals surface area contributed by atoms with Gasteiger partial charge in [-0.15, -0.1) is 0 Å². The van der Waals surface area contributed by atoms with E-state index in [2.05, 4.69) is 20.6 Å². The zero-order valence-electron chi connectivity index (χ0n) is 13.3. The van der Waals surface area contributed by atoms with Crippen molar-refractivity contribution in [2.75, 3.05) is 25.0 Å². The average Bonchev–Trinajstić information content (AvgIpc) is 2.62. The summed E-state index contributed by atoms with van der Waals surface area (Å²) in [5.74, 6) is -1.52. The van der Waals surface area contributed by atoms with E-state index in [1.165, 1.54) is 12.1 Å². The largest absolute Gasteiger partial charge is 0.434 e. The lowest BCUT2D eigenvalue weighted by atomic mass is 10.1. The summed E-state index contributed by atoms with van der Waals surface area (Å²) in [7, 11) is 0. The van der Waals surface area contributed by atoms with Crippen LogP contribution in [0.2, 0.25) is 0 Å². The molecule has 1 fully saturated rings. The minimum atomic E-state index is -4.72. The number of amides is 1. The highest BCUT2D eigenvalue weighted by molar-refractivity contribution is 6.02. The summed E-state index contributed by atoms with van der Waals surface area (Å²) in [6.07, 6.45) is -3.74. The Balaban J connectivity index is 1.74. The predicted octanol–water partition coefficient (Wildman–Crippen LogP) is 2.55. The first-order chi connectivity index (χ1) is 12.3. The molecule has 0 radical (unpaired) electrons. The smallest absolute Gasteiger partial charge is 0.371 e. The quantitative estimate of drug-likeness (QED) is 0.813. The molecule has 0 saturated carbocycles. The first-order valence-corrected chi connectivity index (χ1v) is 7.67. The molecule has 0 unspecified atom stereocenters. The van der Waals surface area contributed by atoms with Crippen LogP contribution in [-0.4, -0.2) is 35.6 Å². The maximum Gasteiger partial charge on any atom is 0.434 e. The minimum absolute atomic E-state index is 0.0826. The van der Waals surface area contributed by atoms with Crippen molar-refractivity contribution in [3.63, 3.8) is 0 Å². The highest BCUT2D eigenvalue weighted by Crippen LogP contribution is 2.27. The number of halogens is 4. The van der Waals surface area contributed by atoms with E-state index in [1.807, 2.05) is 0 Å². The number of anilines is 1. The second kappa shape index (κ2) is 7.34. The molecule has 0 bridgehead atoms. The molecular weight excluding hydrogens is 356 g/mol. The Bertz CT molecular complexity index is 807. The van der Waals surface area contributed by atoms with E-state index in [0.717, 1.165) is 12.3 Å². The number of aromatic nitrogens is 2. The SMILES string of the molecule is O=C(Nc1ccc([C@@H]2CNCCO2)c(F)c1)c1cncc(C(F)(F)F)n1. The first-order valence-electron chi connectivity index (χ1n) is 7.67. The van der Waals surface area contributed by atoms with Gasteiger partial charge in [0.05, 0.1) is 25.1 Å². The molecule has 2 aromatic rings. The number of nitrogens with zero attached hydrogens (tertiary/aromatic N) is 2. The minimum Gasteiger partial charge on any atom is -0.371 e. The third kappa shape index (κ3) is 4.14. The van der Waals surface area contributed by atoms with E-state index in [9.17, 15) is 22.4 Å². The summed E-state index contributed by atoms with van der Waals surface area (Å²) >= 11 is 0. The molecule has 1 aliphatic rings. The Kier molecular flexibility index (Phi) is 5.14. The van der Waals surface area contributed by atoms with Crippen molar-refractivity contribution in [3.05, 3.63) is 53.4 Å². The van der Waals surface area contributed by atoms with E-state index in [-0.39, 0.29) is 5.69 Å². The van der Waals surface area contributed by atoms with Crippen LogP contribution in [0.15, 0.2) is 30.6 Å². The van der Waals surface area contributed by atoms with Crippen LogP contribution in [0.25, 0.3) is 0 Å². The molecule has 3 rings (SSSR count). The van der Waals surface area contributed by atoms with Crippen LogP contribution in [0.4, 0.5) is 23.2 Å². The zero-order chi connectivity index (χ0) is 18.7. The van der Waals surface area contributed by atoms with E-state index < -0.39 is 35.4 Å². The Labute approximate surface area is 145 Å². The van der Waals surface area contributed by atoms with Crippen molar-refractivity contribution < 1.29 is 27.1 Å². The van der Waals surface area contributed by atoms with Crippen molar-refractivity contribution in [2.45, 2.75) is 12.3 Å². The van der Waals surface area contributed by atoms with Gasteiger partial charge < -0.3 is 15.4 Å². The second-order valence-electron chi connectivity index (χ2n) is 5.54. The first kappa shape index (κ1) is 18.2. The van der Waals surface area contributed by atoms with Crippen LogP contribution < -0.4 is 10.6 Å². The van der Waals surface area contributed by atoms with Gasteiger partial charge in [-0.3, -0.25) is 9.78 Å². The summed E-state index contributed by atoms with van der Waals surface area (Å²) in [6, 6.07) is 3.97. The van der Waals surface area contributed by atoms with Gasteiger partial charge in [0.25, 0.3) is 5.91 Å². The molecular formula is C16H14F4N4O2. The van der Waals surface area contributed by atoms with Crippen molar-refractivity contribution in [2.24, 2.45) is 0 Å². The molecule has 1 amide bonds. The third-order valence-corrected chi connectivity index (χ3v) is 3.69. The highest BCUT2D eigenvalue weighted by atomic mass is 19.4. The molecule has 0 spiro atoms. The predicted molar refractivity (Wildman–Crippen MR) is 82.9 cm³/mol. The zero-order valence-corrected chi connectivity index (χ0v) is 13.3. The number of ether oxygens (including phenoxy) is 1. The van der Waals surface area contributed by atoms with Gasteiger partial charge in [-0.05, 0) is 12.1 Å². The number of morpholine rings is 1. The van der Waals surface area contributed by atoms with Crippen LogP contribution in [0.3, 0.4) is 0 Å². The highest BCUT2D eigenvalue weighted by Gasteiger charge is 2.33. The Hall–Kier alpha value is -2.59. The van der Waals surface area contributed by atoms with Gasteiger partial charge in [0.1, 0.15) is 11.5 Å². The summed E-state index contributed by atoms with van der Waals surface area (Å²) in [6.45, 7) is 1.60. The molecule has 1 aromatic carbocycles. The monoisotopic (exact) mass is 370 g/mol. The maximum absolute atomic E-state index is 14.3. The van der Waals surface area contributed by atoms with Crippen LogP contribution in [0.5, 0.6) is 0 Å². The van der Waals surface area contributed by atoms with Gasteiger partial charge in [-0.25, -0.2) is 9.37 Å². The molecule has 10 heteroatoms. The Morgan fingerprint density at radius 1 is 1.31 bits per heavy atom. The number of hydrogen-bond acceptors (Lipinski definition) is 5. The normalized spacial score (nSPS) is 17.8. The van der Waals surface area contributed by atoms with Crippen LogP contribution in [0.1, 0.15) is 27.8 Å². The Morgan fingerprint density at radius 3 is 2.77 bits per heavy atom. The molecule has 6 nitrogen and oxygen atoms in total. The van der Waals surface area contributed by atoms with Gasteiger partial charge in [0.15, 0.2) is 5.69 Å². The molecule has 138 valence electrons. The molecule has 1 atom stereocenters. The van der Waals surface area contributed by atoms with Gasteiger partial charge in [-0.2, -0.15) is 13.2 Å². The van der Waals surface area contributed by atoms with Crippen LogP contribution in [-0.2, 0) is 10.9 Å². The molecule has 2 heterocycles. The van der Waals surface area contributed by atoms with Crippen LogP contribution in [0, 0.1) is 5.82 Å². The van der Waals surface area contributed by atoms with Crippen molar-refractivity contribution >= 4 is 11.6 Å². The fourth-order valence-electron chi connectivity index (χ4n) is 2.44. The fourth-order valence-corrected chi connectivity index (χ4v) is 2.44. The summed E-state index contributed by atoms with van der Waals surface area (Å²) < 4.78 is 57.6. The number of alkyl halides is 3. The third-order valence-electron chi connectivity index (χ3n) is 3.69. The lowest BCUT2D eigenvalue weighted by Crippen LogP contribution is -2.33. The number of nitrogens with one attached hydrogen (secondary N) is 2. The van der Waals surface area contributed by atoms with E-state index in [4.69, 9.17) is 4.74 Å². The summed E-state index contributed by atoms with van der Waals surface area (Å²) in [5.41, 5.74) is -1.40. The Morgan fingerprint density at radius 2 is 2.12 bits per heavy atom. The van der Waals surface area contributed by atoms with Gasteiger partial charge in [-0.1, -0.05) is 6.07 Å². The van der Waals surface area contributed by atoms with Crippen molar-refractivity contribution in [3.8, 4) is 0 Å². The second-order valence-corrected chi connectivity index (χ2v) is 5.54. The number of carbonyl (C=O) groups is 1. The summed E-state index contributed by atoms with van der Waals surface area (Å²) in [5, 5.41) is 5.38. The van der Waals surface area contributed by atoms with Crippen molar-refractivity contribution in [1.29, 1.82) is 0 Å². The van der Waals surface area contributed by atoms with Crippen LogP contribution >= 0.6 is 0 Å². The molecule has 26 heavy (non-hydrogen) atoms. The molecule has 0 aliphatic carbocycles. The molecule has 1 aromatic heterocycles. The molecule has 1 aliphatic heterocycles. The van der Waals surface area contributed by atoms with Crippen molar-refractivity contribution in [1.82, 2.24) is 15.3 Å². The fraction of sp³-hybridized carbons (Fsp3) is 0.312. The topological polar surface area (TPSA) is 76.1 Å². The lowest BCUT2D eigenvalue weighted by Gasteiger charge is -2.24. The van der Waals surface area contributed by atoms with Gasteiger partial charge in [0, 0.05) is 24.3 Å². The van der Waals surface area contributed by atoms with Gasteiger partial charge >= 0.3 is 6.18 Å². The van der Waals surface area contributed by atoms with Gasteiger partial charge in [0.2, 0.25) is 0 Å².